The Morgan fingerprint density at radius 2 is 2.04 bits per heavy atom. The Bertz CT molecular complexity index is 674. The second-order valence-electron chi connectivity index (χ2n) is 7.37. The van der Waals surface area contributed by atoms with E-state index in [0.29, 0.717) is 31.1 Å². The molecule has 1 aromatic carbocycles. The Labute approximate surface area is 149 Å². The molecule has 2 rings (SSSR count). The summed E-state index contributed by atoms with van der Waals surface area (Å²) in [5.74, 6) is 0.220. The maximum atomic E-state index is 12.6. The standard InChI is InChI=1S/C19H26N4O2/c1-13(2)11-16-17(24)21-9-10-23(16)18(25)22-15-7-5-14(6-8-15)19(3,4)12-20/h5-8,13,16H,9-11H2,1-4H3,(H,21,24)(H,22,25)/t16-/m1/s1. The van der Waals surface area contributed by atoms with E-state index in [9.17, 15) is 14.9 Å². The van der Waals surface area contributed by atoms with Gasteiger partial charge in [-0.25, -0.2) is 4.79 Å². The number of nitriles is 1. The van der Waals surface area contributed by atoms with E-state index in [1.165, 1.54) is 0 Å². The SMILES string of the molecule is CC(C)C[C@@H]1C(=O)NCCN1C(=O)Nc1ccc(C(C)(C)C#N)cc1. The largest absolute Gasteiger partial charge is 0.353 e. The van der Waals surface area contributed by atoms with Gasteiger partial charge in [0.1, 0.15) is 6.04 Å². The van der Waals surface area contributed by atoms with Gasteiger partial charge in [0.2, 0.25) is 5.91 Å². The maximum absolute atomic E-state index is 12.6. The van der Waals surface area contributed by atoms with Gasteiger partial charge in [0.05, 0.1) is 11.5 Å². The first-order valence-electron chi connectivity index (χ1n) is 8.61. The zero-order valence-electron chi connectivity index (χ0n) is 15.3. The normalized spacial score (nSPS) is 17.8. The summed E-state index contributed by atoms with van der Waals surface area (Å²) in [7, 11) is 0. The van der Waals surface area contributed by atoms with Crippen LogP contribution in [0, 0.1) is 17.2 Å². The average molecular weight is 342 g/mol. The van der Waals surface area contributed by atoms with Crippen molar-refractivity contribution in [1.82, 2.24) is 10.2 Å². The number of carbonyl (C=O) groups excluding carboxylic acids is 2. The lowest BCUT2D eigenvalue weighted by Gasteiger charge is -2.35. The van der Waals surface area contributed by atoms with Gasteiger partial charge in [-0.1, -0.05) is 26.0 Å². The van der Waals surface area contributed by atoms with Crippen LogP contribution in [-0.2, 0) is 10.2 Å². The fourth-order valence-corrected chi connectivity index (χ4v) is 2.87. The molecule has 1 aliphatic heterocycles. The van der Waals surface area contributed by atoms with Gasteiger partial charge in [-0.2, -0.15) is 5.26 Å². The fourth-order valence-electron chi connectivity index (χ4n) is 2.87. The van der Waals surface area contributed by atoms with Gasteiger partial charge in [-0.15, -0.1) is 0 Å². The Morgan fingerprint density at radius 1 is 1.40 bits per heavy atom. The third kappa shape index (κ3) is 4.50. The summed E-state index contributed by atoms with van der Waals surface area (Å²) < 4.78 is 0. The van der Waals surface area contributed by atoms with E-state index in [2.05, 4.69) is 16.7 Å². The number of nitrogens with one attached hydrogen (secondary N) is 2. The summed E-state index contributed by atoms with van der Waals surface area (Å²) in [4.78, 5) is 26.4. The minimum absolute atomic E-state index is 0.0961. The molecule has 0 saturated carbocycles. The highest BCUT2D eigenvalue weighted by molar-refractivity contribution is 5.94. The smallest absolute Gasteiger partial charge is 0.322 e. The molecular formula is C19H26N4O2. The van der Waals surface area contributed by atoms with E-state index in [0.717, 1.165) is 5.56 Å². The molecule has 25 heavy (non-hydrogen) atoms. The molecule has 1 aliphatic rings. The van der Waals surface area contributed by atoms with Crippen LogP contribution in [0.25, 0.3) is 0 Å². The van der Waals surface area contributed by atoms with Crippen LogP contribution in [0.5, 0.6) is 0 Å². The van der Waals surface area contributed by atoms with Crippen LogP contribution in [-0.4, -0.2) is 36.0 Å². The molecule has 0 aliphatic carbocycles. The molecule has 1 heterocycles. The number of urea groups is 1. The van der Waals surface area contributed by atoms with Crippen LogP contribution in [0.3, 0.4) is 0 Å². The first-order valence-corrected chi connectivity index (χ1v) is 8.61. The Kier molecular flexibility index (Phi) is 5.68. The third-order valence-electron chi connectivity index (χ3n) is 4.42. The lowest BCUT2D eigenvalue weighted by atomic mass is 9.86. The number of nitrogens with zero attached hydrogens (tertiary/aromatic N) is 2. The number of amides is 3. The molecule has 1 saturated heterocycles. The molecule has 1 aromatic rings. The highest BCUT2D eigenvalue weighted by Gasteiger charge is 2.33. The Hall–Kier alpha value is -2.55. The highest BCUT2D eigenvalue weighted by Crippen LogP contribution is 2.24. The number of rotatable bonds is 4. The zero-order valence-corrected chi connectivity index (χ0v) is 15.3. The van der Waals surface area contributed by atoms with E-state index < -0.39 is 11.5 Å². The summed E-state index contributed by atoms with van der Waals surface area (Å²) in [6.45, 7) is 8.73. The average Bonchev–Trinajstić information content (AvgIpc) is 2.56. The number of anilines is 1. The Morgan fingerprint density at radius 3 is 2.60 bits per heavy atom. The molecule has 1 atom stereocenters. The van der Waals surface area contributed by atoms with Crippen molar-refractivity contribution in [2.45, 2.75) is 45.6 Å². The number of hydrogen-bond acceptors (Lipinski definition) is 3. The fraction of sp³-hybridized carbons (Fsp3) is 0.526. The third-order valence-corrected chi connectivity index (χ3v) is 4.42. The Balaban J connectivity index is 2.10. The van der Waals surface area contributed by atoms with Gasteiger partial charge in [0.15, 0.2) is 0 Å². The van der Waals surface area contributed by atoms with Crippen LogP contribution >= 0.6 is 0 Å². The lowest BCUT2D eigenvalue weighted by molar-refractivity contribution is -0.128. The van der Waals surface area contributed by atoms with E-state index in [-0.39, 0.29) is 11.9 Å². The maximum Gasteiger partial charge on any atom is 0.322 e. The first kappa shape index (κ1) is 18.8. The van der Waals surface area contributed by atoms with Gasteiger partial charge >= 0.3 is 6.03 Å². The summed E-state index contributed by atoms with van der Waals surface area (Å²) >= 11 is 0. The topological polar surface area (TPSA) is 85.2 Å². The van der Waals surface area contributed by atoms with Crippen molar-refractivity contribution in [3.63, 3.8) is 0 Å². The molecule has 0 bridgehead atoms. The summed E-state index contributed by atoms with van der Waals surface area (Å²) in [6.07, 6.45) is 0.633. The number of hydrogen-bond donors (Lipinski definition) is 2. The van der Waals surface area contributed by atoms with Crippen LogP contribution in [0.15, 0.2) is 24.3 Å². The molecule has 1 fully saturated rings. The van der Waals surface area contributed by atoms with Crippen LogP contribution in [0.2, 0.25) is 0 Å². The van der Waals surface area contributed by atoms with Gasteiger partial charge in [0.25, 0.3) is 0 Å². The van der Waals surface area contributed by atoms with E-state index in [1.807, 2.05) is 39.8 Å². The van der Waals surface area contributed by atoms with E-state index in [4.69, 9.17) is 0 Å². The molecule has 2 N–H and O–H groups in total. The second kappa shape index (κ2) is 7.56. The molecule has 3 amide bonds. The molecule has 0 unspecified atom stereocenters. The zero-order chi connectivity index (χ0) is 18.6. The molecular weight excluding hydrogens is 316 g/mol. The summed E-state index contributed by atoms with van der Waals surface area (Å²) in [5.41, 5.74) is 0.968. The number of piperazine rings is 1. The van der Waals surface area contributed by atoms with Gasteiger partial charge < -0.3 is 15.5 Å². The van der Waals surface area contributed by atoms with Crippen molar-refractivity contribution >= 4 is 17.6 Å². The molecule has 0 aromatic heterocycles. The van der Waals surface area contributed by atoms with Gasteiger partial charge in [-0.05, 0) is 43.9 Å². The van der Waals surface area contributed by atoms with Crippen molar-refractivity contribution in [2.75, 3.05) is 18.4 Å². The van der Waals surface area contributed by atoms with Crippen molar-refractivity contribution in [3.8, 4) is 6.07 Å². The second-order valence-corrected chi connectivity index (χ2v) is 7.37. The molecule has 6 nitrogen and oxygen atoms in total. The van der Waals surface area contributed by atoms with Crippen LogP contribution < -0.4 is 10.6 Å². The predicted octanol–water partition coefficient (Wildman–Crippen LogP) is 2.87. The van der Waals surface area contributed by atoms with E-state index >= 15 is 0 Å². The van der Waals surface area contributed by atoms with Crippen molar-refractivity contribution in [2.24, 2.45) is 5.92 Å². The summed E-state index contributed by atoms with van der Waals surface area (Å²) in [6, 6.07) is 8.80. The summed E-state index contributed by atoms with van der Waals surface area (Å²) in [5, 5.41) is 14.9. The first-order chi connectivity index (χ1) is 11.7. The van der Waals surface area contributed by atoms with Crippen LogP contribution in [0.1, 0.15) is 39.7 Å². The quantitative estimate of drug-likeness (QED) is 0.882. The van der Waals surface area contributed by atoms with E-state index in [1.54, 1.807) is 17.0 Å². The predicted molar refractivity (Wildman–Crippen MR) is 97.1 cm³/mol. The minimum Gasteiger partial charge on any atom is -0.353 e. The van der Waals surface area contributed by atoms with Crippen molar-refractivity contribution in [3.05, 3.63) is 29.8 Å². The lowest BCUT2D eigenvalue weighted by Crippen LogP contribution is -2.58. The van der Waals surface area contributed by atoms with Crippen molar-refractivity contribution in [1.29, 1.82) is 5.26 Å². The van der Waals surface area contributed by atoms with Crippen molar-refractivity contribution < 1.29 is 9.59 Å². The minimum atomic E-state index is -0.574. The molecule has 6 heteroatoms. The van der Waals surface area contributed by atoms with Crippen LogP contribution in [0.4, 0.5) is 10.5 Å². The molecule has 0 spiro atoms. The van der Waals surface area contributed by atoms with Gasteiger partial charge in [0, 0.05) is 18.8 Å². The number of benzene rings is 1. The number of carbonyl (C=O) groups is 2. The highest BCUT2D eigenvalue weighted by atomic mass is 16.2. The molecule has 0 radical (unpaired) electrons. The monoisotopic (exact) mass is 342 g/mol. The van der Waals surface area contributed by atoms with Gasteiger partial charge in [-0.3, -0.25) is 4.79 Å². The molecule has 134 valence electrons.